The Kier molecular flexibility index (Phi) is 4.54. The van der Waals surface area contributed by atoms with Gasteiger partial charge in [0.2, 0.25) is 5.91 Å². The predicted octanol–water partition coefficient (Wildman–Crippen LogP) is 2.83. The fraction of sp³-hybridized carbons (Fsp3) is 0.938. The summed E-state index contributed by atoms with van der Waals surface area (Å²) in [7, 11) is 0. The van der Waals surface area contributed by atoms with E-state index >= 15 is 0 Å². The van der Waals surface area contributed by atoms with Gasteiger partial charge in [0.15, 0.2) is 0 Å². The molecule has 2 aliphatic carbocycles. The normalized spacial score (nSPS) is 35.9. The van der Waals surface area contributed by atoms with Crippen molar-refractivity contribution in [2.45, 2.75) is 77.8 Å². The summed E-state index contributed by atoms with van der Waals surface area (Å²) in [6, 6.07) is 0.598. The molecule has 2 saturated carbocycles. The number of carbonyl (C=O) groups is 1. The Labute approximate surface area is 117 Å². The molecule has 3 unspecified atom stereocenters. The van der Waals surface area contributed by atoms with E-state index in [4.69, 9.17) is 5.73 Å². The molecule has 0 aliphatic heterocycles. The van der Waals surface area contributed by atoms with Crippen molar-refractivity contribution in [1.82, 2.24) is 5.32 Å². The van der Waals surface area contributed by atoms with Crippen LogP contribution in [0.4, 0.5) is 0 Å². The predicted molar refractivity (Wildman–Crippen MR) is 78.7 cm³/mol. The molecule has 0 aromatic carbocycles. The molecule has 0 saturated heterocycles. The molecule has 2 aliphatic rings. The van der Waals surface area contributed by atoms with Crippen LogP contribution in [0.2, 0.25) is 0 Å². The van der Waals surface area contributed by atoms with E-state index in [0.717, 1.165) is 32.1 Å². The summed E-state index contributed by atoms with van der Waals surface area (Å²) < 4.78 is 0. The fourth-order valence-corrected chi connectivity index (χ4v) is 3.62. The SMILES string of the molecule is CC1C(N)CCCC1C(=O)NC1CCC(C)(C)CC1. The van der Waals surface area contributed by atoms with E-state index in [2.05, 4.69) is 26.1 Å². The molecule has 0 aromatic heterocycles. The maximum Gasteiger partial charge on any atom is 0.223 e. The minimum atomic E-state index is 0.138. The Balaban J connectivity index is 1.84. The summed E-state index contributed by atoms with van der Waals surface area (Å²) in [6.45, 7) is 6.79. The molecular weight excluding hydrogens is 236 g/mol. The molecular formula is C16H30N2O. The van der Waals surface area contributed by atoms with Gasteiger partial charge in [0.1, 0.15) is 0 Å². The van der Waals surface area contributed by atoms with Crippen LogP contribution in [0.3, 0.4) is 0 Å². The van der Waals surface area contributed by atoms with Gasteiger partial charge in [-0.3, -0.25) is 4.79 Å². The van der Waals surface area contributed by atoms with E-state index in [1.54, 1.807) is 0 Å². The van der Waals surface area contributed by atoms with Crippen molar-refractivity contribution < 1.29 is 4.79 Å². The van der Waals surface area contributed by atoms with Gasteiger partial charge in [-0.15, -0.1) is 0 Å². The number of nitrogens with one attached hydrogen (secondary N) is 1. The Morgan fingerprint density at radius 3 is 2.42 bits per heavy atom. The largest absolute Gasteiger partial charge is 0.353 e. The molecule has 3 N–H and O–H groups in total. The van der Waals surface area contributed by atoms with E-state index in [-0.39, 0.29) is 17.9 Å². The third-order valence-corrected chi connectivity index (χ3v) is 5.38. The summed E-state index contributed by atoms with van der Waals surface area (Å²) in [5.74, 6) is 0.722. The van der Waals surface area contributed by atoms with Crippen LogP contribution in [-0.2, 0) is 4.79 Å². The summed E-state index contributed by atoms with van der Waals surface area (Å²) >= 11 is 0. The number of amides is 1. The van der Waals surface area contributed by atoms with Gasteiger partial charge in [-0.2, -0.15) is 0 Å². The number of hydrogen-bond acceptors (Lipinski definition) is 2. The summed E-state index contributed by atoms with van der Waals surface area (Å²) in [5, 5.41) is 3.28. The molecule has 0 bridgehead atoms. The third kappa shape index (κ3) is 3.71. The summed E-state index contributed by atoms with van der Waals surface area (Å²) in [4.78, 5) is 12.4. The van der Waals surface area contributed by atoms with Crippen molar-refractivity contribution in [2.75, 3.05) is 0 Å². The quantitative estimate of drug-likeness (QED) is 0.807. The zero-order valence-electron chi connectivity index (χ0n) is 12.7. The Hall–Kier alpha value is -0.570. The van der Waals surface area contributed by atoms with Gasteiger partial charge in [-0.1, -0.05) is 27.2 Å². The van der Waals surface area contributed by atoms with Crippen LogP contribution in [0.5, 0.6) is 0 Å². The molecule has 2 fully saturated rings. The monoisotopic (exact) mass is 266 g/mol. The van der Waals surface area contributed by atoms with Gasteiger partial charge in [0, 0.05) is 18.0 Å². The highest BCUT2D eigenvalue weighted by Crippen LogP contribution is 2.35. The highest BCUT2D eigenvalue weighted by Gasteiger charge is 2.34. The van der Waals surface area contributed by atoms with Crippen molar-refractivity contribution in [3.63, 3.8) is 0 Å². The van der Waals surface area contributed by atoms with Crippen molar-refractivity contribution in [2.24, 2.45) is 23.0 Å². The third-order valence-electron chi connectivity index (χ3n) is 5.38. The van der Waals surface area contributed by atoms with Crippen LogP contribution in [0.1, 0.15) is 65.7 Å². The molecule has 3 atom stereocenters. The van der Waals surface area contributed by atoms with Crippen molar-refractivity contribution >= 4 is 5.91 Å². The van der Waals surface area contributed by atoms with Crippen LogP contribution in [0.25, 0.3) is 0 Å². The lowest BCUT2D eigenvalue weighted by Gasteiger charge is -2.37. The van der Waals surface area contributed by atoms with Crippen molar-refractivity contribution in [3.05, 3.63) is 0 Å². The van der Waals surface area contributed by atoms with Gasteiger partial charge in [-0.25, -0.2) is 0 Å². The molecule has 3 nitrogen and oxygen atoms in total. The molecule has 2 rings (SSSR count). The number of rotatable bonds is 2. The first-order chi connectivity index (χ1) is 8.89. The van der Waals surface area contributed by atoms with Gasteiger partial charge in [0.25, 0.3) is 0 Å². The van der Waals surface area contributed by atoms with Gasteiger partial charge >= 0.3 is 0 Å². The number of carbonyl (C=O) groups excluding carboxylic acids is 1. The zero-order valence-corrected chi connectivity index (χ0v) is 12.7. The smallest absolute Gasteiger partial charge is 0.223 e. The van der Waals surface area contributed by atoms with Crippen molar-refractivity contribution in [1.29, 1.82) is 0 Å². The Morgan fingerprint density at radius 1 is 1.16 bits per heavy atom. The Morgan fingerprint density at radius 2 is 1.79 bits per heavy atom. The maximum atomic E-state index is 12.4. The van der Waals surface area contributed by atoms with Crippen LogP contribution >= 0.6 is 0 Å². The molecule has 3 heteroatoms. The molecule has 19 heavy (non-hydrogen) atoms. The maximum absolute atomic E-state index is 12.4. The average molecular weight is 266 g/mol. The van der Waals surface area contributed by atoms with E-state index in [9.17, 15) is 4.79 Å². The molecule has 0 aromatic rings. The first kappa shape index (κ1) is 14.8. The summed E-state index contributed by atoms with van der Waals surface area (Å²) in [6.07, 6.45) is 7.88. The number of nitrogens with two attached hydrogens (primary N) is 1. The molecule has 0 radical (unpaired) electrons. The Bertz CT molecular complexity index is 317. The van der Waals surface area contributed by atoms with Gasteiger partial charge < -0.3 is 11.1 Å². The van der Waals surface area contributed by atoms with Gasteiger partial charge in [0.05, 0.1) is 0 Å². The van der Waals surface area contributed by atoms with Crippen LogP contribution in [0.15, 0.2) is 0 Å². The van der Waals surface area contributed by atoms with Crippen molar-refractivity contribution in [3.8, 4) is 0 Å². The number of hydrogen-bond donors (Lipinski definition) is 2. The second-order valence-corrected chi connectivity index (χ2v) is 7.51. The van der Waals surface area contributed by atoms with Crippen LogP contribution < -0.4 is 11.1 Å². The minimum Gasteiger partial charge on any atom is -0.353 e. The molecule has 0 spiro atoms. The topological polar surface area (TPSA) is 55.1 Å². The van der Waals surface area contributed by atoms with E-state index in [0.29, 0.717) is 17.4 Å². The second kappa shape index (κ2) is 5.82. The zero-order chi connectivity index (χ0) is 14.0. The average Bonchev–Trinajstić information content (AvgIpc) is 2.35. The summed E-state index contributed by atoms with van der Waals surface area (Å²) in [5.41, 5.74) is 6.56. The van der Waals surface area contributed by atoms with Gasteiger partial charge in [-0.05, 0) is 49.9 Å². The lowest BCUT2D eigenvalue weighted by molar-refractivity contribution is -0.129. The highest BCUT2D eigenvalue weighted by atomic mass is 16.2. The van der Waals surface area contributed by atoms with E-state index in [1.807, 2.05) is 0 Å². The van der Waals surface area contributed by atoms with Crippen LogP contribution in [0, 0.1) is 17.3 Å². The lowest BCUT2D eigenvalue weighted by Crippen LogP contribution is -2.48. The van der Waals surface area contributed by atoms with Crippen LogP contribution in [-0.4, -0.2) is 18.0 Å². The molecule has 0 heterocycles. The first-order valence-corrected chi connectivity index (χ1v) is 7.95. The minimum absolute atomic E-state index is 0.138. The highest BCUT2D eigenvalue weighted by molar-refractivity contribution is 5.79. The molecule has 1 amide bonds. The lowest BCUT2D eigenvalue weighted by atomic mass is 9.74. The van der Waals surface area contributed by atoms with E-state index in [1.165, 1.54) is 12.8 Å². The second-order valence-electron chi connectivity index (χ2n) is 7.51. The van der Waals surface area contributed by atoms with E-state index < -0.39 is 0 Å². The first-order valence-electron chi connectivity index (χ1n) is 7.95. The standard InChI is InChI=1S/C16H30N2O/c1-11-13(5-4-6-14(11)17)15(19)18-12-7-9-16(2,3)10-8-12/h11-14H,4-10,17H2,1-3H3,(H,18,19). The fourth-order valence-electron chi connectivity index (χ4n) is 3.62. The molecule has 110 valence electrons.